The van der Waals surface area contributed by atoms with E-state index >= 15 is 0 Å². The standard InChI is InChI=1S/C11H17NO4/c1-7(2)10(9(14)8-3-4-8)16-11(15)12-5-6-13/h6-8,10H,3-5H2,1-2H3,(H,12,15). The summed E-state index contributed by atoms with van der Waals surface area (Å²) in [6, 6.07) is 0. The van der Waals surface area contributed by atoms with Gasteiger partial charge in [-0.3, -0.25) is 4.79 Å². The largest absolute Gasteiger partial charge is 0.438 e. The third kappa shape index (κ3) is 3.64. The normalized spacial score (nSPS) is 16.7. The lowest BCUT2D eigenvalue weighted by Gasteiger charge is -2.19. The van der Waals surface area contributed by atoms with Gasteiger partial charge in [0.05, 0.1) is 6.54 Å². The maximum atomic E-state index is 11.8. The SMILES string of the molecule is CC(C)C(OC(=O)NCC=O)C(=O)C1CC1. The van der Waals surface area contributed by atoms with Crippen LogP contribution in [0, 0.1) is 11.8 Å². The molecule has 0 aromatic rings. The molecule has 90 valence electrons. The molecule has 0 heterocycles. The van der Waals surface area contributed by atoms with Crippen LogP contribution in [0.15, 0.2) is 0 Å². The van der Waals surface area contributed by atoms with E-state index in [1.165, 1.54) is 0 Å². The van der Waals surface area contributed by atoms with E-state index in [1.807, 2.05) is 13.8 Å². The van der Waals surface area contributed by atoms with Gasteiger partial charge in [0, 0.05) is 5.92 Å². The third-order valence-electron chi connectivity index (χ3n) is 2.43. The van der Waals surface area contributed by atoms with Crippen LogP contribution >= 0.6 is 0 Å². The molecule has 0 bridgehead atoms. The molecule has 1 aliphatic rings. The first-order chi connectivity index (χ1) is 7.56. The summed E-state index contributed by atoms with van der Waals surface area (Å²) in [7, 11) is 0. The monoisotopic (exact) mass is 227 g/mol. The van der Waals surface area contributed by atoms with Crippen molar-refractivity contribution in [1.29, 1.82) is 0 Å². The maximum absolute atomic E-state index is 11.8. The number of ether oxygens (including phenoxy) is 1. The highest BCUT2D eigenvalue weighted by Gasteiger charge is 2.38. The Labute approximate surface area is 94.5 Å². The summed E-state index contributed by atoms with van der Waals surface area (Å²) in [5.41, 5.74) is 0. The predicted octanol–water partition coefficient (Wildman–Crippen LogP) is 0.915. The van der Waals surface area contributed by atoms with E-state index in [2.05, 4.69) is 5.32 Å². The van der Waals surface area contributed by atoms with Crippen LogP contribution in [-0.2, 0) is 14.3 Å². The lowest BCUT2D eigenvalue weighted by atomic mass is 10.0. The molecule has 0 aliphatic heterocycles. The second kappa shape index (κ2) is 5.63. The molecular formula is C11H17NO4. The van der Waals surface area contributed by atoms with Crippen LogP contribution in [0.3, 0.4) is 0 Å². The summed E-state index contributed by atoms with van der Waals surface area (Å²) in [4.78, 5) is 33.0. The number of aldehydes is 1. The van der Waals surface area contributed by atoms with Crippen LogP contribution in [0.2, 0.25) is 0 Å². The van der Waals surface area contributed by atoms with Gasteiger partial charge in [-0.15, -0.1) is 0 Å². The average molecular weight is 227 g/mol. The van der Waals surface area contributed by atoms with Gasteiger partial charge in [-0.2, -0.15) is 0 Å². The molecule has 1 saturated carbocycles. The van der Waals surface area contributed by atoms with Crippen molar-refractivity contribution >= 4 is 18.2 Å². The summed E-state index contributed by atoms with van der Waals surface area (Å²) in [6.45, 7) is 3.57. The van der Waals surface area contributed by atoms with Crippen molar-refractivity contribution < 1.29 is 19.1 Å². The fourth-order valence-corrected chi connectivity index (χ4v) is 1.40. The zero-order chi connectivity index (χ0) is 12.1. The van der Waals surface area contributed by atoms with E-state index in [4.69, 9.17) is 4.74 Å². The van der Waals surface area contributed by atoms with Crippen LogP contribution in [-0.4, -0.2) is 30.8 Å². The molecule has 16 heavy (non-hydrogen) atoms. The average Bonchev–Trinajstić information content (AvgIpc) is 3.05. The molecule has 1 fully saturated rings. The van der Waals surface area contributed by atoms with E-state index in [0.717, 1.165) is 12.8 Å². The number of Topliss-reactive ketones (excluding diaryl/α,β-unsaturated/α-hetero) is 1. The summed E-state index contributed by atoms with van der Waals surface area (Å²) in [5.74, 6) is 0.0117. The number of carbonyl (C=O) groups excluding carboxylic acids is 3. The number of amides is 1. The summed E-state index contributed by atoms with van der Waals surface area (Å²) < 4.78 is 5.02. The van der Waals surface area contributed by atoms with Crippen LogP contribution in [0.5, 0.6) is 0 Å². The molecule has 1 N–H and O–H groups in total. The van der Waals surface area contributed by atoms with Crippen molar-refractivity contribution in [2.75, 3.05) is 6.54 Å². The first kappa shape index (κ1) is 12.7. The van der Waals surface area contributed by atoms with Crippen molar-refractivity contribution in [3.05, 3.63) is 0 Å². The topological polar surface area (TPSA) is 72.5 Å². The van der Waals surface area contributed by atoms with Crippen molar-refractivity contribution in [1.82, 2.24) is 5.32 Å². The first-order valence-electron chi connectivity index (χ1n) is 5.48. The van der Waals surface area contributed by atoms with Crippen molar-refractivity contribution in [3.63, 3.8) is 0 Å². The van der Waals surface area contributed by atoms with Gasteiger partial charge in [-0.25, -0.2) is 4.79 Å². The minimum atomic E-state index is -0.709. The molecule has 0 radical (unpaired) electrons. The van der Waals surface area contributed by atoms with E-state index in [1.54, 1.807) is 0 Å². The number of carbonyl (C=O) groups is 3. The Morgan fingerprint density at radius 2 is 2.06 bits per heavy atom. The Morgan fingerprint density at radius 3 is 2.50 bits per heavy atom. The summed E-state index contributed by atoms with van der Waals surface area (Å²) >= 11 is 0. The Bertz CT molecular complexity index is 284. The maximum Gasteiger partial charge on any atom is 0.408 e. The molecule has 5 nitrogen and oxygen atoms in total. The Balaban J connectivity index is 2.46. The Kier molecular flexibility index (Phi) is 4.46. The highest BCUT2D eigenvalue weighted by molar-refractivity contribution is 5.89. The second-order valence-corrected chi connectivity index (χ2v) is 4.29. The third-order valence-corrected chi connectivity index (χ3v) is 2.43. The fraction of sp³-hybridized carbons (Fsp3) is 0.727. The van der Waals surface area contributed by atoms with Gasteiger partial charge in [0.2, 0.25) is 0 Å². The highest BCUT2D eigenvalue weighted by atomic mass is 16.6. The van der Waals surface area contributed by atoms with Crippen molar-refractivity contribution in [3.8, 4) is 0 Å². The zero-order valence-electron chi connectivity index (χ0n) is 9.56. The van der Waals surface area contributed by atoms with E-state index in [-0.39, 0.29) is 24.2 Å². The molecular weight excluding hydrogens is 210 g/mol. The van der Waals surface area contributed by atoms with Gasteiger partial charge in [-0.05, 0) is 18.8 Å². The van der Waals surface area contributed by atoms with Crippen molar-refractivity contribution in [2.24, 2.45) is 11.8 Å². The number of rotatable bonds is 6. The van der Waals surface area contributed by atoms with Crippen molar-refractivity contribution in [2.45, 2.75) is 32.8 Å². The first-order valence-corrected chi connectivity index (χ1v) is 5.48. The van der Waals surface area contributed by atoms with Gasteiger partial charge < -0.3 is 14.8 Å². The number of alkyl carbamates (subject to hydrolysis) is 1. The second-order valence-electron chi connectivity index (χ2n) is 4.29. The smallest absolute Gasteiger partial charge is 0.408 e. The van der Waals surface area contributed by atoms with Gasteiger partial charge in [0.25, 0.3) is 0 Å². The minimum absolute atomic E-state index is 0.00347. The zero-order valence-corrected chi connectivity index (χ0v) is 9.56. The van der Waals surface area contributed by atoms with Gasteiger partial charge in [-0.1, -0.05) is 13.8 Å². The Hall–Kier alpha value is -1.39. The minimum Gasteiger partial charge on any atom is -0.438 e. The van der Waals surface area contributed by atoms with Crippen LogP contribution in [0.4, 0.5) is 4.79 Å². The Morgan fingerprint density at radius 1 is 1.44 bits per heavy atom. The van der Waals surface area contributed by atoms with E-state index < -0.39 is 12.2 Å². The molecule has 1 rings (SSSR count). The number of nitrogens with one attached hydrogen (secondary N) is 1. The van der Waals surface area contributed by atoms with E-state index in [9.17, 15) is 14.4 Å². The number of ketones is 1. The van der Waals surface area contributed by atoms with E-state index in [0.29, 0.717) is 6.29 Å². The lowest BCUT2D eigenvalue weighted by molar-refractivity contribution is -0.130. The molecule has 0 aromatic carbocycles. The molecule has 1 atom stereocenters. The molecule has 1 aliphatic carbocycles. The lowest BCUT2D eigenvalue weighted by Crippen LogP contribution is -2.37. The van der Waals surface area contributed by atoms with Gasteiger partial charge in [0.15, 0.2) is 11.9 Å². The summed E-state index contributed by atoms with van der Waals surface area (Å²) in [6.07, 6.45) is 0.941. The van der Waals surface area contributed by atoms with Crippen LogP contribution < -0.4 is 5.32 Å². The molecule has 5 heteroatoms. The van der Waals surface area contributed by atoms with Crippen LogP contribution in [0.25, 0.3) is 0 Å². The fourth-order valence-electron chi connectivity index (χ4n) is 1.40. The highest BCUT2D eigenvalue weighted by Crippen LogP contribution is 2.33. The number of hydrogen-bond donors (Lipinski definition) is 1. The molecule has 1 amide bonds. The predicted molar refractivity (Wildman–Crippen MR) is 56.9 cm³/mol. The molecule has 0 aromatic heterocycles. The van der Waals surface area contributed by atoms with Gasteiger partial charge in [0.1, 0.15) is 6.29 Å². The molecule has 1 unspecified atom stereocenters. The summed E-state index contributed by atoms with van der Waals surface area (Å²) in [5, 5.41) is 2.25. The van der Waals surface area contributed by atoms with Crippen LogP contribution in [0.1, 0.15) is 26.7 Å². The van der Waals surface area contributed by atoms with Gasteiger partial charge >= 0.3 is 6.09 Å². The molecule has 0 saturated heterocycles. The molecule has 0 spiro atoms. The number of hydrogen-bond acceptors (Lipinski definition) is 4. The quantitative estimate of drug-likeness (QED) is 0.685.